The molecule has 2 N–H and O–H groups in total. The third kappa shape index (κ3) is 7.89. The Labute approximate surface area is 156 Å². The van der Waals surface area contributed by atoms with Crippen LogP contribution in [0.5, 0.6) is 0 Å². The monoisotopic (exact) mass is 408 g/mol. The minimum atomic E-state index is -3.44. The van der Waals surface area contributed by atoms with E-state index in [0.717, 1.165) is 10.6 Å². The molecule has 0 fully saturated rings. The average Bonchev–Trinajstić information content (AvgIpc) is 2.67. The maximum absolute atomic E-state index is 12.2. The van der Waals surface area contributed by atoms with Crippen LogP contribution in [-0.4, -0.2) is 68.5 Å². The number of aliphatic hydroxyl groups is 1. The van der Waals surface area contributed by atoms with Gasteiger partial charge in [0.25, 0.3) is 5.56 Å². The number of methoxy groups -OCH3 is 1. The van der Waals surface area contributed by atoms with E-state index in [0.29, 0.717) is 6.61 Å². The third-order valence-electron chi connectivity index (χ3n) is 3.36. The van der Waals surface area contributed by atoms with E-state index in [4.69, 9.17) is 23.3 Å². The number of aliphatic hydroxyl groups excluding tert-OH is 1. The van der Waals surface area contributed by atoms with Crippen molar-refractivity contribution in [3.63, 3.8) is 0 Å². The van der Waals surface area contributed by atoms with Crippen molar-refractivity contribution in [2.75, 3.05) is 47.8 Å². The molecule has 2 atom stereocenters. The van der Waals surface area contributed by atoms with Gasteiger partial charge >= 0.3 is 13.3 Å². The fourth-order valence-electron chi connectivity index (χ4n) is 1.93. The fourth-order valence-corrected chi connectivity index (χ4v) is 2.73. The number of nitrogens with zero attached hydrogens (tertiary/aromatic N) is 1. The lowest BCUT2D eigenvalue weighted by atomic mass is 10.3. The number of ether oxygens (including phenoxy) is 3. The fraction of sp³-hybridized carbons (Fsp3) is 0.600. The smallest absolute Gasteiger partial charge is 0.353 e. The van der Waals surface area contributed by atoms with Gasteiger partial charge in [-0.3, -0.25) is 18.9 Å². The summed E-state index contributed by atoms with van der Waals surface area (Å²) in [6, 6.07) is 1.12. The van der Waals surface area contributed by atoms with Crippen molar-refractivity contribution in [2.45, 2.75) is 12.3 Å². The minimum absolute atomic E-state index is 0.0158. The lowest BCUT2D eigenvalue weighted by Gasteiger charge is -2.23. The highest BCUT2D eigenvalue weighted by molar-refractivity contribution is 7.57. The first-order valence-corrected chi connectivity index (χ1v) is 9.55. The molecule has 0 aromatic carbocycles. The van der Waals surface area contributed by atoms with Gasteiger partial charge in [-0.1, -0.05) is 0 Å². The van der Waals surface area contributed by atoms with Gasteiger partial charge in [-0.15, -0.1) is 0 Å². The molecule has 0 radical (unpaired) electrons. The summed E-state index contributed by atoms with van der Waals surface area (Å²) in [6.45, 7) is 0.0924. The first kappa shape index (κ1) is 23.4. The SMILES string of the molecule is COCCOCC(/C=C/P(=O)(OC)OC)O[C@H](CO)n1ccc(=O)[nH]c1=O. The van der Waals surface area contributed by atoms with Crippen molar-refractivity contribution < 1.29 is 32.9 Å². The van der Waals surface area contributed by atoms with E-state index < -0.39 is 37.8 Å². The minimum Gasteiger partial charge on any atom is -0.392 e. The molecule has 1 heterocycles. The van der Waals surface area contributed by atoms with Crippen molar-refractivity contribution in [1.82, 2.24) is 9.55 Å². The zero-order valence-electron chi connectivity index (χ0n) is 15.4. The lowest BCUT2D eigenvalue weighted by molar-refractivity contribution is -0.0922. The maximum Gasteiger partial charge on any atom is 0.353 e. The predicted octanol–water partition coefficient (Wildman–Crippen LogP) is 0.0753. The molecule has 0 saturated heterocycles. The molecule has 0 aliphatic rings. The van der Waals surface area contributed by atoms with Crippen LogP contribution in [-0.2, 0) is 27.8 Å². The Morgan fingerprint density at radius 1 is 1.26 bits per heavy atom. The van der Waals surface area contributed by atoms with Crippen LogP contribution in [0.3, 0.4) is 0 Å². The van der Waals surface area contributed by atoms with E-state index in [1.807, 2.05) is 0 Å². The van der Waals surface area contributed by atoms with Crippen molar-refractivity contribution in [2.24, 2.45) is 0 Å². The Bertz CT molecular complexity index is 737. The Balaban J connectivity index is 2.98. The first-order valence-electron chi connectivity index (χ1n) is 7.94. The van der Waals surface area contributed by atoms with Gasteiger partial charge in [-0.2, -0.15) is 0 Å². The quantitative estimate of drug-likeness (QED) is 0.343. The molecule has 1 aromatic heterocycles. The summed E-state index contributed by atoms with van der Waals surface area (Å²) >= 11 is 0. The molecule has 0 aliphatic carbocycles. The van der Waals surface area contributed by atoms with Crippen molar-refractivity contribution >= 4 is 7.60 Å². The summed E-state index contributed by atoms with van der Waals surface area (Å²) in [5.41, 5.74) is -1.32. The molecule has 0 aliphatic heterocycles. The van der Waals surface area contributed by atoms with Crippen LogP contribution in [0.15, 0.2) is 33.7 Å². The van der Waals surface area contributed by atoms with Gasteiger partial charge in [0.2, 0.25) is 0 Å². The molecule has 0 bridgehead atoms. The number of aromatic amines is 1. The molecule has 27 heavy (non-hydrogen) atoms. The van der Waals surface area contributed by atoms with E-state index in [-0.39, 0.29) is 13.2 Å². The van der Waals surface area contributed by atoms with Gasteiger partial charge in [0.1, 0.15) is 6.10 Å². The number of H-pyrrole nitrogens is 1. The highest BCUT2D eigenvalue weighted by atomic mass is 31.2. The predicted molar refractivity (Wildman–Crippen MR) is 95.8 cm³/mol. The molecule has 0 saturated carbocycles. The molecule has 12 heteroatoms. The Morgan fingerprint density at radius 2 is 1.96 bits per heavy atom. The number of aromatic nitrogens is 2. The van der Waals surface area contributed by atoms with E-state index in [1.165, 1.54) is 39.4 Å². The second-order valence-corrected chi connectivity index (χ2v) is 7.25. The second-order valence-electron chi connectivity index (χ2n) is 5.14. The zero-order valence-corrected chi connectivity index (χ0v) is 16.3. The number of hydrogen-bond acceptors (Lipinski definition) is 9. The lowest BCUT2D eigenvalue weighted by Crippen LogP contribution is -2.36. The summed E-state index contributed by atoms with van der Waals surface area (Å²) in [5, 5.41) is 9.59. The molecular formula is C15H25N2O9P. The van der Waals surface area contributed by atoms with Crippen molar-refractivity contribution in [1.29, 1.82) is 0 Å². The van der Waals surface area contributed by atoms with Crippen molar-refractivity contribution in [3.8, 4) is 0 Å². The third-order valence-corrected chi connectivity index (χ3v) is 4.91. The molecular weight excluding hydrogens is 383 g/mol. The van der Waals surface area contributed by atoms with E-state index in [1.54, 1.807) is 0 Å². The molecule has 11 nitrogen and oxygen atoms in total. The van der Waals surface area contributed by atoms with Gasteiger partial charge < -0.3 is 28.4 Å². The van der Waals surface area contributed by atoms with Gasteiger partial charge in [0.05, 0.1) is 26.4 Å². The van der Waals surface area contributed by atoms with E-state index in [2.05, 4.69) is 4.98 Å². The first-order chi connectivity index (χ1) is 12.9. The zero-order chi connectivity index (χ0) is 20.3. The van der Waals surface area contributed by atoms with E-state index in [9.17, 15) is 19.3 Å². The van der Waals surface area contributed by atoms with Crippen LogP contribution in [0.25, 0.3) is 0 Å². The maximum atomic E-state index is 12.2. The topological polar surface area (TPSA) is 138 Å². The number of nitrogens with one attached hydrogen (secondary N) is 1. The summed E-state index contributed by atoms with van der Waals surface area (Å²) < 4.78 is 38.8. The van der Waals surface area contributed by atoms with Gasteiger partial charge in [0.15, 0.2) is 6.23 Å². The molecule has 1 rings (SSSR count). The molecule has 154 valence electrons. The summed E-state index contributed by atoms with van der Waals surface area (Å²) in [7, 11) is 0.548. The second kappa shape index (κ2) is 12.0. The summed E-state index contributed by atoms with van der Waals surface area (Å²) in [6.07, 6.45) is 0.667. The summed E-state index contributed by atoms with van der Waals surface area (Å²) in [4.78, 5) is 25.2. The standard InChI is InChI=1S/C15H25N2O9P/c1-22-7-8-25-11-12(5-9-27(21,23-2)24-3)26-14(10-18)17-6-4-13(19)16-15(17)20/h4-6,9,12,14,18H,7-8,10-11H2,1-3H3,(H,16,19,20)/b9-5+/t12?,14-/m1/s1. The number of hydrogen-bond donors (Lipinski definition) is 2. The Morgan fingerprint density at radius 3 is 2.52 bits per heavy atom. The van der Waals surface area contributed by atoms with Gasteiger partial charge in [-0.05, 0) is 6.08 Å². The van der Waals surface area contributed by atoms with Crippen LogP contribution in [0.2, 0.25) is 0 Å². The normalized spacial score (nSPS) is 14.5. The molecule has 1 aromatic rings. The summed E-state index contributed by atoms with van der Waals surface area (Å²) in [5.74, 6) is 1.20. The number of rotatable bonds is 13. The molecule has 1 unspecified atom stereocenters. The van der Waals surface area contributed by atoms with Crippen molar-refractivity contribution in [3.05, 3.63) is 45.0 Å². The largest absolute Gasteiger partial charge is 0.392 e. The van der Waals surface area contributed by atoms with Gasteiger partial charge in [0, 0.05) is 39.4 Å². The highest BCUT2D eigenvalue weighted by Gasteiger charge is 2.21. The Kier molecular flexibility index (Phi) is 10.4. The van der Waals surface area contributed by atoms with Gasteiger partial charge in [-0.25, -0.2) is 4.79 Å². The molecule has 0 spiro atoms. The molecule has 0 amide bonds. The average molecular weight is 408 g/mol. The van der Waals surface area contributed by atoms with Crippen LogP contribution in [0.4, 0.5) is 0 Å². The highest BCUT2D eigenvalue weighted by Crippen LogP contribution is 2.48. The van der Waals surface area contributed by atoms with Crippen LogP contribution in [0, 0.1) is 0 Å². The van der Waals surface area contributed by atoms with Crippen LogP contribution in [0.1, 0.15) is 6.23 Å². The Hall–Kier alpha value is -1.59. The van der Waals surface area contributed by atoms with E-state index >= 15 is 0 Å². The van der Waals surface area contributed by atoms with Crippen LogP contribution < -0.4 is 11.2 Å². The van der Waals surface area contributed by atoms with Crippen LogP contribution >= 0.6 is 7.60 Å².